The summed E-state index contributed by atoms with van der Waals surface area (Å²) in [7, 11) is -4.81. The van der Waals surface area contributed by atoms with Gasteiger partial charge in [0, 0.05) is 35.5 Å². The molecule has 0 spiro atoms. The number of benzene rings is 2. The first-order valence-corrected chi connectivity index (χ1v) is 14.9. The molecular formula is C30H36O10S. The highest BCUT2D eigenvalue weighted by Gasteiger charge is 2.35. The maximum atomic E-state index is 13.7. The van der Waals surface area contributed by atoms with E-state index in [1.807, 2.05) is 6.92 Å². The van der Waals surface area contributed by atoms with Crippen LogP contribution in [-0.4, -0.2) is 61.4 Å². The van der Waals surface area contributed by atoms with Gasteiger partial charge in [-0.3, -0.25) is 14.1 Å². The number of carbonyl (C=O) groups excluding carboxylic acids is 4. The van der Waals surface area contributed by atoms with Crippen LogP contribution in [0.2, 0.25) is 0 Å². The van der Waals surface area contributed by atoms with Crippen molar-refractivity contribution in [3.05, 3.63) is 64.7 Å². The third kappa shape index (κ3) is 7.46. The van der Waals surface area contributed by atoms with E-state index in [9.17, 15) is 32.1 Å². The summed E-state index contributed by atoms with van der Waals surface area (Å²) < 4.78 is 50.9. The van der Waals surface area contributed by atoms with Crippen molar-refractivity contribution in [3.63, 3.8) is 0 Å². The summed E-state index contributed by atoms with van der Waals surface area (Å²) in [6.07, 6.45) is -1.77. The summed E-state index contributed by atoms with van der Waals surface area (Å²) in [5.74, 6) is -4.71. The molecule has 2 aliphatic heterocycles. The number of ketones is 2. The van der Waals surface area contributed by atoms with Gasteiger partial charge in [0.25, 0.3) is 10.1 Å². The van der Waals surface area contributed by atoms with Crippen LogP contribution in [0.15, 0.2) is 47.4 Å². The molecule has 41 heavy (non-hydrogen) atoms. The van der Waals surface area contributed by atoms with Crippen molar-refractivity contribution in [2.24, 2.45) is 17.8 Å². The molecule has 0 radical (unpaired) electrons. The minimum Gasteiger partial charge on any atom is -0.459 e. The molecule has 0 amide bonds. The zero-order valence-electron chi connectivity index (χ0n) is 23.9. The number of hydrogen-bond donors (Lipinski definition) is 1. The lowest BCUT2D eigenvalue weighted by atomic mass is 9.83. The van der Waals surface area contributed by atoms with Gasteiger partial charge in [0.1, 0.15) is 12.2 Å². The van der Waals surface area contributed by atoms with E-state index in [0.717, 1.165) is 12.1 Å². The molecule has 10 nitrogen and oxygen atoms in total. The third-order valence-electron chi connectivity index (χ3n) is 7.52. The first-order chi connectivity index (χ1) is 19.1. The molecule has 0 saturated carbocycles. The van der Waals surface area contributed by atoms with Gasteiger partial charge < -0.3 is 14.2 Å². The van der Waals surface area contributed by atoms with E-state index in [2.05, 4.69) is 0 Å². The molecule has 2 heterocycles. The van der Waals surface area contributed by atoms with Crippen molar-refractivity contribution in [2.75, 3.05) is 6.61 Å². The standard InChI is InChI=1S/C30H36O10S/c1-7-12-38-28-17(3)26(31)21-8-10-22(11-9-21)29(33)39-19(5)16(2)20(6)40-30(34)24-13-23(27(32)18(28)4)14-25(15-24)41(35,36)37/h8-11,13-20,28H,7,12H2,1-6H3,(H,35,36,37). The predicted octanol–water partition coefficient (Wildman–Crippen LogP) is 4.81. The van der Waals surface area contributed by atoms with Crippen LogP contribution in [0, 0.1) is 17.8 Å². The maximum absolute atomic E-state index is 13.7. The summed E-state index contributed by atoms with van der Waals surface area (Å²) in [6.45, 7) is 10.2. The molecule has 2 aromatic rings. The molecule has 2 aromatic carbocycles. The summed E-state index contributed by atoms with van der Waals surface area (Å²) in [5.41, 5.74) is 0.0907. The van der Waals surface area contributed by atoms with E-state index in [1.54, 1.807) is 34.6 Å². The Morgan fingerprint density at radius 1 is 0.732 bits per heavy atom. The van der Waals surface area contributed by atoms with Gasteiger partial charge in [-0.25, -0.2) is 9.59 Å². The van der Waals surface area contributed by atoms with Crippen molar-refractivity contribution < 1.29 is 46.4 Å². The number of ether oxygens (including phenoxy) is 3. The second kappa shape index (κ2) is 13.1. The Morgan fingerprint density at radius 2 is 1.20 bits per heavy atom. The zero-order valence-corrected chi connectivity index (χ0v) is 24.8. The van der Waals surface area contributed by atoms with Crippen LogP contribution in [0.3, 0.4) is 0 Å². The molecule has 0 aromatic heterocycles. The highest BCUT2D eigenvalue weighted by atomic mass is 32.2. The number of fused-ring (bicyclic) bond motifs is 12. The van der Waals surface area contributed by atoms with Gasteiger partial charge in [-0.1, -0.05) is 39.8 Å². The fourth-order valence-electron chi connectivity index (χ4n) is 4.65. The molecule has 4 rings (SSSR count). The first-order valence-electron chi connectivity index (χ1n) is 13.5. The molecule has 0 aliphatic carbocycles. The van der Waals surface area contributed by atoms with E-state index in [1.165, 1.54) is 30.3 Å². The van der Waals surface area contributed by atoms with Gasteiger partial charge in [-0.05, 0) is 50.6 Å². The fraction of sp³-hybridized carbons (Fsp3) is 0.467. The number of Topliss-reactive ketones (excluding diaryl/α,β-unsaturated/α-hetero) is 2. The minimum atomic E-state index is -4.81. The lowest BCUT2D eigenvalue weighted by Gasteiger charge is -2.28. The van der Waals surface area contributed by atoms with Crippen LogP contribution in [0.5, 0.6) is 0 Å². The second-order valence-electron chi connectivity index (χ2n) is 10.5. The Morgan fingerprint density at radius 3 is 1.71 bits per heavy atom. The Balaban J connectivity index is 2.17. The molecule has 1 N–H and O–H groups in total. The SMILES string of the molecule is CCCOC1C(C)C(=O)c2ccc(cc2)C(=O)OC(C)C(C)C(C)OC(=O)c2cc(cc(S(=O)(=O)O)c2)C(=O)C1C. The smallest absolute Gasteiger partial charge is 0.338 e. The Kier molecular flexibility index (Phi) is 10.2. The predicted molar refractivity (Wildman–Crippen MR) is 149 cm³/mol. The normalized spacial score (nSPS) is 26.5. The van der Waals surface area contributed by atoms with Crippen LogP contribution in [0.1, 0.15) is 89.4 Å². The lowest BCUT2D eigenvalue weighted by molar-refractivity contribution is -0.0175. The molecule has 0 saturated heterocycles. The van der Waals surface area contributed by atoms with Crippen LogP contribution in [-0.2, 0) is 24.3 Å². The van der Waals surface area contributed by atoms with Gasteiger partial charge in [0.05, 0.1) is 22.1 Å². The highest BCUT2D eigenvalue weighted by molar-refractivity contribution is 7.85. The number of esters is 2. The molecule has 0 fully saturated rings. The van der Waals surface area contributed by atoms with Crippen molar-refractivity contribution in [2.45, 2.75) is 71.2 Å². The third-order valence-corrected chi connectivity index (χ3v) is 8.36. The Bertz CT molecular complexity index is 1410. The maximum Gasteiger partial charge on any atom is 0.338 e. The van der Waals surface area contributed by atoms with Crippen molar-refractivity contribution in [3.8, 4) is 0 Å². The van der Waals surface area contributed by atoms with E-state index in [0.29, 0.717) is 12.0 Å². The van der Waals surface area contributed by atoms with E-state index >= 15 is 0 Å². The highest BCUT2D eigenvalue weighted by Crippen LogP contribution is 2.28. The average molecular weight is 589 g/mol. The quantitative estimate of drug-likeness (QED) is 0.389. The van der Waals surface area contributed by atoms with Crippen LogP contribution in [0.4, 0.5) is 0 Å². The Hall–Kier alpha value is -3.41. The van der Waals surface area contributed by atoms with Crippen molar-refractivity contribution in [1.29, 1.82) is 0 Å². The van der Waals surface area contributed by atoms with Crippen molar-refractivity contribution >= 4 is 33.6 Å². The molecule has 4 bridgehead atoms. The minimum absolute atomic E-state index is 0.172. The van der Waals surface area contributed by atoms with Gasteiger partial charge in [0.2, 0.25) is 0 Å². The van der Waals surface area contributed by atoms with E-state index in [-0.39, 0.29) is 29.1 Å². The van der Waals surface area contributed by atoms with E-state index in [4.69, 9.17) is 14.2 Å². The van der Waals surface area contributed by atoms with Gasteiger partial charge in [0.15, 0.2) is 11.6 Å². The van der Waals surface area contributed by atoms with Crippen LogP contribution >= 0.6 is 0 Å². The monoisotopic (exact) mass is 588 g/mol. The molecule has 6 unspecified atom stereocenters. The number of rotatable bonds is 4. The average Bonchev–Trinajstić information content (AvgIpc) is 2.94. The first kappa shape index (κ1) is 32.1. The Labute approximate surface area is 240 Å². The number of carbonyl (C=O) groups is 4. The van der Waals surface area contributed by atoms with Gasteiger partial charge in [-0.2, -0.15) is 8.42 Å². The molecular weight excluding hydrogens is 552 g/mol. The number of hydrogen-bond acceptors (Lipinski definition) is 9. The molecule has 6 atom stereocenters. The van der Waals surface area contributed by atoms with Gasteiger partial charge in [-0.15, -0.1) is 0 Å². The molecule has 11 heteroatoms. The lowest BCUT2D eigenvalue weighted by Crippen LogP contribution is -2.38. The topological polar surface area (TPSA) is 150 Å². The molecule has 222 valence electrons. The van der Waals surface area contributed by atoms with E-state index < -0.39 is 68.8 Å². The largest absolute Gasteiger partial charge is 0.459 e. The summed E-state index contributed by atoms with van der Waals surface area (Å²) >= 11 is 0. The van der Waals surface area contributed by atoms with Crippen LogP contribution in [0.25, 0.3) is 0 Å². The van der Waals surface area contributed by atoms with Crippen LogP contribution < -0.4 is 0 Å². The summed E-state index contributed by atoms with van der Waals surface area (Å²) in [6, 6.07) is 9.06. The summed E-state index contributed by atoms with van der Waals surface area (Å²) in [4.78, 5) is 52.4. The van der Waals surface area contributed by atoms with Gasteiger partial charge >= 0.3 is 11.9 Å². The second-order valence-corrected chi connectivity index (χ2v) is 11.9. The molecule has 2 aliphatic rings. The van der Waals surface area contributed by atoms with Crippen molar-refractivity contribution in [1.82, 2.24) is 0 Å². The fourth-order valence-corrected chi connectivity index (χ4v) is 5.20. The zero-order chi connectivity index (χ0) is 30.6. The summed E-state index contributed by atoms with van der Waals surface area (Å²) in [5, 5.41) is 0.